The van der Waals surface area contributed by atoms with Crippen LogP contribution in [0.4, 0.5) is 0 Å². The highest BCUT2D eigenvalue weighted by molar-refractivity contribution is 5.77. The van der Waals surface area contributed by atoms with Crippen LogP contribution >= 0.6 is 0 Å². The summed E-state index contributed by atoms with van der Waals surface area (Å²) in [6.45, 7) is 3.62. The van der Waals surface area contributed by atoms with E-state index in [0.717, 1.165) is 29.0 Å². The Kier molecular flexibility index (Phi) is 7.29. The summed E-state index contributed by atoms with van der Waals surface area (Å²) >= 11 is 0. The molecule has 2 rings (SSSR count). The monoisotopic (exact) mass is 342 g/mol. The lowest BCUT2D eigenvalue weighted by molar-refractivity contribution is -0.120. The highest BCUT2D eigenvalue weighted by atomic mass is 16.5. The van der Waals surface area contributed by atoms with E-state index < -0.39 is 0 Å². The molecule has 1 amide bonds. The van der Waals surface area contributed by atoms with Gasteiger partial charge < -0.3 is 20.1 Å². The van der Waals surface area contributed by atoms with Gasteiger partial charge in [0.2, 0.25) is 5.91 Å². The molecule has 134 valence electrons. The maximum atomic E-state index is 11.9. The number of rotatable bonds is 9. The van der Waals surface area contributed by atoms with E-state index in [1.807, 2.05) is 49.4 Å². The molecule has 0 saturated carbocycles. The summed E-state index contributed by atoms with van der Waals surface area (Å²) in [5, 5.41) is 6.07. The van der Waals surface area contributed by atoms with Gasteiger partial charge in [-0.15, -0.1) is 0 Å². The van der Waals surface area contributed by atoms with E-state index in [2.05, 4.69) is 10.6 Å². The second kappa shape index (κ2) is 9.69. The molecule has 0 saturated heterocycles. The van der Waals surface area contributed by atoms with E-state index in [1.54, 1.807) is 14.2 Å². The van der Waals surface area contributed by atoms with Crippen molar-refractivity contribution in [3.05, 3.63) is 59.2 Å². The van der Waals surface area contributed by atoms with Crippen LogP contribution in [0.15, 0.2) is 42.5 Å². The van der Waals surface area contributed by atoms with Gasteiger partial charge >= 0.3 is 0 Å². The molecule has 2 aromatic rings. The summed E-state index contributed by atoms with van der Waals surface area (Å²) < 4.78 is 10.5. The third kappa shape index (κ3) is 6.12. The van der Waals surface area contributed by atoms with Gasteiger partial charge in [-0.3, -0.25) is 4.79 Å². The molecule has 0 radical (unpaired) electrons. The smallest absolute Gasteiger partial charge is 0.234 e. The summed E-state index contributed by atoms with van der Waals surface area (Å²) in [5.74, 6) is 1.43. The van der Waals surface area contributed by atoms with Gasteiger partial charge in [-0.1, -0.05) is 35.9 Å². The SMILES string of the molecule is COc1ccc(CCNCC(=O)NCc2ccc(C)cc2)cc1OC. The van der Waals surface area contributed by atoms with E-state index in [1.165, 1.54) is 5.56 Å². The van der Waals surface area contributed by atoms with Crippen molar-refractivity contribution in [2.24, 2.45) is 0 Å². The molecule has 2 aromatic carbocycles. The average Bonchev–Trinajstić information content (AvgIpc) is 2.64. The van der Waals surface area contributed by atoms with E-state index in [9.17, 15) is 4.79 Å². The minimum atomic E-state index is -0.00659. The normalized spacial score (nSPS) is 10.4. The molecule has 0 atom stereocenters. The van der Waals surface area contributed by atoms with Crippen molar-refractivity contribution in [2.45, 2.75) is 19.9 Å². The minimum Gasteiger partial charge on any atom is -0.493 e. The predicted molar refractivity (Wildman–Crippen MR) is 99.1 cm³/mol. The van der Waals surface area contributed by atoms with Crippen molar-refractivity contribution < 1.29 is 14.3 Å². The number of methoxy groups -OCH3 is 2. The Balaban J connectivity index is 1.68. The molecule has 25 heavy (non-hydrogen) atoms. The van der Waals surface area contributed by atoms with Crippen molar-refractivity contribution in [3.63, 3.8) is 0 Å². The third-order valence-electron chi connectivity index (χ3n) is 3.93. The number of hydrogen-bond acceptors (Lipinski definition) is 4. The van der Waals surface area contributed by atoms with E-state index in [-0.39, 0.29) is 5.91 Å². The van der Waals surface area contributed by atoms with Crippen LogP contribution < -0.4 is 20.1 Å². The van der Waals surface area contributed by atoms with Gasteiger partial charge in [0.1, 0.15) is 0 Å². The summed E-state index contributed by atoms with van der Waals surface area (Å²) in [4.78, 5) is 11.9. The maximum absolute atomic E-state index is 11.9. The Bertz CT molecular complexity index is 684. The Hall–Kier alpha value is -2.53. The van der Waals surface area contributed by atoms with Crippen LogP contribution in [0.1, 0.15) is 16.7 Å². The topological polar surface area (TPSA) is 59.6 Å². The quantitative estimate of drug-likeness (QED) is 0.687. The van der Waals surface area contributed by atoms with Crippen LogP contribution in [0.3, 0.4) is 0 Å². The molecule has 0 aliphatic rings. The maximum Gasteiger partial charge on any atom is 0.234 e. The summed E-state index contributed by atoms with van der Waals surface area (Å²) in [6, 6.07) is 14.0. The second-order valence-corrected chi connectivity index (χ2v) is 5.88. The van der Waals surface area contributed by atoms with Gasteiger partial charge in [-0.05, 0) is 43.1 Å². The molecule has 0 aliphatic heterocycles. The number of carbonyl (C=O) groups is 1. The fourth-order valence-electron chi connectivity index (χ4n) is 2.44. The third-order valence-corrected chi connectivity index (χ3v) is 3.93. The number of aryl methyl sites for hydroxylation is 1. The highest BCUT2D eigenvalue weighted by Crippen LogP contribution is 2.27. The van der Waals surface area contributed by atoms with Gasteiger partial charge in [-0.25, -0.2) is 0 Å². The fourth-order valence-corrected chi connectivity index (χ4v) is 2.44. The Morgan fingerprint density at radius 2 is 1.64 bits per heavy atom. The van der Waals surface area contributed by atoms with Gasteiger partial charge in [0.05, 0.1) is 20.8 Å². The van der Waals surface area contributed by atoms with Crippen LogP contribution in [0, 0.1) is 6.92 Å². The second-order valence-electron chi connectivity index (χ2n) is 5.88. The Morgan fingerprint density at radius 1 is 0.960 bits per heavy atom. The van der Waals surface area contributed by atoms with Crippen molar-refractivity contribution in [2.75, 3.05) is 27.3 Å². The molecular weight excluding hydrogens is 316 g/mol. The first kappa shape index (κ1) is 18.8. The van der Waals surface area contributed by atoms with Gasteiger partial charge in [0, 0.05) is 6.54 Å². The number of benzene rings is 2. The van der Waals surface area contributed by atoms with Crippen LogP contribution in [0.5, 0.6) is 11.5 Å². The number of ether oxygens (including phenoxy) is 2. The molecule has 0 heterocycles. The van der Waals surface area contributed by atoms with Gasteiger partial charge in [-0.2, -0.15) is 0 Å². The van der Waals surface area contributed by atoms with Crippen LogP contribution in [-0.2, 0) is 17.8 Å². The summed E-state index contributed by atoms with van der Waals surface area (Å²) in [6.07, 6.45) is 0.811. The molecule has 5 nitrogen and oxygen atoms in total. The zero-order chi connectivity index (χ0) is 18.1. The number of nitrogens with one attached hydrogen (secondary N) is 2. The van der Waals surface area contributed by atoms with E-state index in [0.29, 0.717) is 19.6 Å². The molecule has 0 unspecified atom stereocenters. The van der Waals surface area contributed by atoms with Crippen molar-refractivity contribution in [1.82, 2.24) is 10.6 Å². The lowest BCUT2D eigenvalue weighted by atomic mass is 10.1. The molecule has 0 spiro atoms. The Labute approximate surface area is 149 Å². The molecule has 0 aliphatic carbocycles. The number of amides is 1. The number of carbonyl (C=O) groups excluding carboxylic acids is 1. The largest absolute Gasteiger partial charge is 0.493 e. The van der Waals surface area contributed by atoms with Crippen LogP contribution in [-0.4, -0.2) is 33.2 Å². The molecule has 5 heteroatoms. The molecular formula is C20H26N2O3. The first-order chi connectivity index (χ1) is 12.1. The van der Waals surface area contributed by atoms with Gasteiger partial charge in [0.15, 0.2) is 11.5 Å². The number of hydrogen-bond donors (Lipinski definition) is 2. The average molecular weight is 342 g/mol. The molecule has 2 N–H and O–H groups in total. The fraction of sp³-hybridized carbons (Fsp3) is 0.350. The van der Waals surface area contributed by atoms with Gasteiger partial charge in [0.25, 0.3) is 0 Å². The predicted octanol–water partition coefficient (Wildman–Crippen LogP) is 2.46. The Morgan fingerprint density at radius 3 is 2.32 bits per heavy atom. The summed E-state index contributed by atoms with van der Waals surface area (Å²) in [5.41, 5.74) is 3.45. The molecule has 0 fully saturated rings. The zero-order valence-electron chi connectivity index (χ0n) is 15.1. The summed E-state index contributed by atoms with van der Waals surface area (Å²) in [7, 11) is 3.24. The molecule has 0 bridgehead atoms. The van der Waals surface area contributed by atoms with Crippen molar-refractivity contribution >= 4 is 5.91 Å². The first-order valence-electron chi connectivity index (χ1n) is 8.36. The first-order valence-corrected chi connectivity index (χ1v) is 8.36. The van der Waals surface area contributed by atoms with Crippen molar-refractivity contribution in [1.29, 1.82) is 0 Å². The highest BCUT2D eigenvalue weighted by Gasteiger charge is 2.05. The van der Waals surface area contributed by atoms with E-state index in [4.69, 9.17) is 9.47 Å². The lowest BCUT2D eigenvalue weighted by Gasteiger charge is -2.10. The zero-order valence-corrected chi connectivity index (χ0v) is 15.1. The molecule has 0 aromatic heterocycles. The lowest BCUT2D eigenvalue weighted by Crippen LogP contribution is -2.34. The minimum absolute atomic E-state index is 0.00659. The standard InChI is InChI=1S/C20H26N2O3/c1-15-4-6-17(7-5-15)13-22-20(23)14-21-11-10-16-8-9-18(24-2)19(12-16)25-3/h4-9,12,21H,10-11,13-14H2,1-3H3,(H,22,23). The van der Waals surface area contributed by atoms with E-state index >= 15 is 0 Å². The van der Waals surface area contributed by atoms with Crippen LogP contribution in [0.2, 0.25) is 0 Å². The van der Waals surface area contributed by atoms with Crippen LogP contribution in [0.25, 0.3) is 0 Å². The van der Waals surface area contributed by atoms with Crippen molar-refractivity contribution in [3.8, 4) is 11.5 Å².